The third-order valence-corrected chi connectivity index (χ3v) is 6.20. The maximum atomic E-state index is 12.7. The molecule has 0 radical (unpaired) electrons. The normalized spacial score (nSPS) is 17.3. The molecule has 0 saturated heterocycles. The van der Waals surface area contributed by atoms with Crippen LogP contribution in [0.3, 0.4) is 0 Å². The van der Waals surface area contributed by atoms with Gasteiger partial charge in [-0.3, -0.25) is 0 Å². The third kappa shape index (κ3) is 4.22. The highest BCUT2D eigenvalue weighted by Gasteiger charge is 2.29. The van der Waals surface area contributed by atoms with E-state index < -0.39 is 10.0 Å². The molecule has 1 aliphatic rings. The number of benzene rings is 1. The van der Waals surface area contributed by atoms with Gasteiger partial charge in [-0.25, -0.2) is 13.1 Å². The lowest BCUT2D eigenvalue weighted by Crippen LogP contribution is -2.44. The first-order valence-electron chi connectivity index (χ1n) is 7.65. The fourth-order valence-corrected chi connectivity index (χ4v) is 5.32. The maximum absolute atomic E-state index is 12.7. The van der Waals surface area contributed by atoms with E-state index in [4.69, 9.17) is 5.73 Å². The summed E-state index contributed by atoms with van der Waals surface area (Å²) >= 11 is 0. The van der Waals surface area contributed by atoms with Gasteiger partial charge in [0.25, 0.3) is 0 Å². The lowest BCUT2D eigenvalue weighted by atomic mass is 9.99. The topological polar surface area (TPSA) is 72.2 Å². The van der Waals surface area contributed by atoms with E-state index in [1.54, 1.807) is 0 Å². The van der Waals surface area contributed by atoms with Gasteiger partial charge in [0.2, 0.25) is 10.0 Å². The third-order valence-electron chi connectivity index (χ3n) is 4.40. The van der Waals surface area contributed by atoms with Crippen molar-refractivity contribution < 1.29 is 8.42 Å². The SMILES string of the molecule is Cc1cc(C)c(S(=O)(=O)NC(CN)C2CCCC2)c(C)c1.Cl. The van der Waals surface area contributed by atoms with Crippen LogP contribution in [-0.4, -0.2) is 21.0 Å². The van der Waals surface area contributed by atoms with Crippen LogP contribution >= 0.6 is 12.4 Å². The molecule has 1 aliphatic carbocycles. The van der Waals surface area contributed by atoms with E-state index in [2.05, 4.69) is 4.72 Å². The van der Waals surface area contributed by atoms with Crippen LogP contribution in [0.15, 0.2) is 17.0 Å². The van der Waals surface area contributed by atoms with Crippen molar-refractivity contribution in [3.63, 3.8) is 0 Å². The standard InChI is InChI=1S/C16H26N2O2S.ClH/c1-11-8-12(2)16(13(3)9-11)21(19,20)18-15(10-17)14-6-4-5-7-14;/h8-9,14-15,18H,4-7,10,17H2,1-3H3;1H. The highest BCUT2D eigenvalue weighted by molar-refractivity contribution is 7.89. The van der Waals surface area contributed by atoms with Crippen LogP contribution in [0.1, 0.15) is 42.4 Å². The number of aryl methyl sites for hydroxylation is 3. The average molecular weight is 347 g/mol. The van der Waals surface area contributed by atoms with E-state index in [0.29, 0.717) is 17.4 Å². The number of hydrogen-bond acceptors (Lipinski definition) is 3. The van der Waals surface area contributed by atoms with Crippen LogP contribution in [-0.2, 0) is 10.0 Å². The average Bonchev–Trinajstić information content (AvgIpc) is 2.87. The molecule has 3 N–H and O–H groups in total. The molecule has 4 nitrogen and oxygen atoms in total. The number of nitrogens with two attached hydrogens (primary N) is 1. The molecule has 1 atom stereocenters. The van der Waals surface area contributed by atoms with Crippen LogP contribution in [0.25, 0.3) is 0 Å². The molecule has 0 heterocycles. The van der Waals surface area contributed by atoms with Crippen molar-refractivity contribution in [3.05, 3.63) is 28.8 Å². The first-order valence-corrected chi connectivity index (χ1v) is 9.13. The molecule has 2 rings (SSSR count). The second kappa shape index (κ2) is 7.77. The molecular formula is C16H27ClN2O2S. The number of hydrogen-bond donors (Lipinski definition) is 2. The van der Waals surface area contributed by atoms with Crippen molar-refractivity contribution in [2.45, 2.75) is 57.4 Å². The molecule has 0 aromatic heterocycles. The predicted octanol–water partition coefficient (Wildman–Crippen LogP) is 2.83. The molecule has 1 fully saturated rings. The minimum atomic E-state index is -3.52. The van der Waals surface area contributed by atoms with Crippen LogP contribution in [0.2, 0.25) is 0 Å². The summed E-state index contributed by atoms with van der Waals surface area (Å²) in [5, 5.41) is 0. The molecule has 1 unspecified atom stereocenters. The summed E-state index contributed by atoms with van der Waals surface area (Å²) in [6, 6.07) is 3.67. The van der Waals surface area contributed by atoms with Gasteiger partial charge >= 0.3 is 0 Å². The monoisotopic (exact) mass is 346 g/mol. The lowest BCUT2D eigenvalue weighted by molar-refractivity contribution is 0.405. The fraction of sp³-hybridized carbons (Fsp3) is 0.625. The largest absolute Gasteiger partial charge is 0.329 e. The molecule has 0 bridgehead atoms. The first kappa shape index (κ1) is 19.4. The smallest absolute Gasteiger partial charge is 0.241 e. The summed E-state index contributed by atoms with van der Waals surface area (Å²) in [6.07, 6.45) is 4.48. The summed E-state index contributed by atoms with van der Waals surface area (Å²) in [7, 11) is -3.52. The Kier molecular flexibility index (Phi) is 6.86. The molecule has 0 spiro atoms. The van der Waals surface area contributed by atoms with Gasteiger partial charge in [0, 0.05) is 12.6 Å². The number of nitrogens with one attached hydrogen (secondary N) is 1. The van der Waals surface area contributed by atoms with Crippen LogP contribution in [0.4, 0.5) is 0 Å². The van der Waals surface area contributed by atoms with Gasteiger partial charge in [-0.2, -0.15) is 0 Å². The zero-order valence-electron chi connectivity index (χ0n) is 13.6. The van der Waals surface area contributed by atoms with Crippen molar-refractivity contribution in [2.24, 2.45) is 11.7 Å². The van der Waals surface area contributed by atoms with Gasteiger partial charge in [0.15, 0.2) is 0 Å². The van der Waals surface area contributed by atoms with Gasteiger partial charge in [0.1, 0.15) is 0 Å². The molecular weight excluding hydrogens is 320 g/mol. The quantitative estimate of drug-likeness (QED) is 0.861. The highest BCUT2D eigenvalue weighted by Crippen LogP contribution is 2.29. The number of halogens is 1. The van der Waals surface area contributed by atoms with Crippen LogP contribution < -0.4 is 10.5 Å². The van der Waals surface area contributed by atoms with Crippen molar-refractivity contribution in [1.82, 2.24) is 4.72 Å². The zero-order chi connectivity index (χ0) is 15.6. The van der Waals surface area contributed by atoms with E-state index in [0.717, 1.165) is 29.5 Å². The van der Waals surface area contributed by atoms with E-state index >= 15 is 0 Å². The Morgan fingerprint density at radius 3 is 2.14 bits per heavy atom. The van der Waals surface area contributed by atoms with Gasteiger partial charge in [0.05, 0.1) is 4.90 Å². The number of sulfonamides is 1. The Morgan fingerprint density at radius 2 is 1.68 bits per heavy atom. The molecule has 0 amide bonds. The first-order chi connectivity index (χ1) is 9.85. The number of rotatable bonds is 5. The molecule has 1 saturated carbocycles. The molecule has 1 aromatic carbocycles. The summed E-state index contributed by atoms with van der Waals surface area (Å²) in [5.41, 5.74) is 8.48. The maximum Gasteiger partial charge on any atom is 0.241 e. The second-order valence-electron chi connectivity index (χ2n) is 6.24. The van der Waals surface area contributed by atoms with Crippen molar-refractivity contribution in [3.8, 4) is 0 Å². The minimum absolute atomic E-state index is 0. The van der Waals surface area contributed by atoms with Crippen molar-refractivity contribution >= 4 is 22.4 Å². The Hall–Kier alpha value is -0.620. The van der Waals surface area contributed by atoms with Gasteiger partial charge in [-0.05, 0) is 50.7 Å². The molecule has 6 heteroatoms. The van der Waals surface area contributed by atoms with Crippen LogP contribution in [0.5, 0.6) is 0 Å². The van der Waals surface area contributed by atoms with Gasteiger partial charge < -0.3 is 5.73 Å². The zero-order valence-corrected chi connectivity index (χ0v) is 15.2. The van der Waals surface area contributed by atoms with Crippen molar-refractivity contribution in [1.29, 1.82) is 0 Å². The molecule has 0 aliphatic heterocycles. The Morgan fingerprint density at radius 1 is 1.18 bits per heavy atom. The van der Waals surface area contributed by atoms with E-state index in [9.17, 15) is 8.42 Å². The second-order valence-corrected chi connectivity index (χ2v) is 7.89. The molecule has 126 valence electrons. The summed E-state index contributed by atoms with van der Waals surface area (Å²) in [4.78, 5) is 0.407. The van der Waals surface area contributed by atoms with Crippen LogP contribution in [0, 0.1) is 26.7 Å². The summed E-state index contributed by atoms with van der Waals surface area (Å²) < 4.78 is 28.3. The van der Waals surface area contributed by atoms with E-state index in [1.807, 2.05) is 32.9 Å². The van der Waals surface area contributed by atoms with Gasteiger partial charge in [-0.15, -0.1) is 12.4 Å². The Labute approximate surface area is 140 Å². The Bertz CT molecular complexity index is 588. The fourth-order valence-electron chi connectivity index (χ4n) is 3.55. The predicted molar refractivity (Wildman–Crippen MR) is 93.0 cm³/mol. The van der Waals surface area contributed by atoms with Crippen molar-refractivity contribution in [2.75, 3.05) is 6.54 Å². The summed E-state index contributed by atoms with van der Waals surface area (Å²) in [5.74, 6) is 0.371. The molecule has 1 aromatic rings. The Balaban J connectivity index is 0.00000242. The van der Waals surface area contributed by atoms with Gasteiger partial charge in [-0.1, -0.05) is 30.5 Å². The molecule has 22 heavy (non-hydrogen) atoms. The van der Waals surface area contributed by atoms with E-state index in [1.165, 1.54) is 12.8 Å². The van der Waals surface area contributed by atoms with E-state index in [-0.39, 0.29) is 18.4 Å². The minimum Gasteiger partial charge on any atom is -0.329 e. The highest BCUT2D eigenvalue weighted by atomic mass is 35.5. The lowest BCUT2D eigenvalue weighted by Gasteiger charge is -2.24. The summed E-state index contributed by atoms with van der Waals surface area (Å²) in [6.45, 7) is 6.03.